The molecule has 0 aromatic heterocycles. The van der Waals surface area contributed by atoms with Crippen LogP contribution in [0.1, 0.15) is 77.6 Å². The van der Waals surface area contributed by atoms with Crippen molar-refractivity contribution in [3.05, 3.63) is 46.5 Å². The van der Waals surface area contributed by atoms with Crippen LogP contribution in [0.15, 0.2) is 34.1 Å². The van der Waals surface area contributed by atoms with Gasteiger partial charge in [0.05, 0.1) is 9.79 Å². The summed E-state index contributed by atoms with van der Waals surface area (Å²) < 4.78 is 11.4. The lowest BCUT2D eigenvalue weighted by molar-refractivity contribution is -0.133. The van der Waals surface area contributed by atoms with E-state index in [2.05, 4.69) is 53.7 Å². The van der Waals surface area contributed by atoms with Crippen LogP contribution < -0.4 is 9.47 Å². The summed E-state index contributed by atoms with van der Waals surface area (Å²) >= 11 is 1.46. The second kappa shape index (κ2) is 9.07. The molecule has 0 saturated carbocycles. The van der Waals surface area contributed by atoms with Gasteiger partial charge in [-0.15, -0.1) is 0 Å². The van der Waals surface area contributed by atoms with Crippen LogP contribution in [0.3, 0.4) is 0 Å². The highest BCUT2D eigenvalue weighted by Gasteiger charge is 2.27. The van der Waals surface area contributed by atoms with E-state index in [0.29, 0.717) is 11.5 Å². The van der Waals surface area contributed by atoms with Gasteiger partial charge in [-0.2, -0.15) is 0 Å². The van der Waals surface area contributed by atoms with Gasteiger partial charge in [-0.25, -0.2) is 0 Å². The van der Waals surface area contributed by atoms with Crippen molar-refractivity contribution in [3.8, 4) is 11.5 Å². The van der Waals surface area contributed by atoms with Gasteiger partial charge in [0, 0.05) is 25.0 Å². The van der Waals surface area contributed by atoms with E-state index in [1.165, 1.54) is 25.6 Å². The molecule has 0 aliphatic heterocycles. The molecule has 0 aliphatic carbocycles. The number of ether oxygens (including phenoxy) is 2. The van der Waals surface area contributed by atoms with Crippen LogP contribution in [0.4, 0.5) is 0 Å². The molecule has 0 spiro atoms. The quantitative estimate of drug-likeness (QED) is 0.381. The van der Waals surface area contributed by atoms with E-state index in [1.54, 1.807) is 0 Å². The van der Waals surface area contributed by atoms with Crippen LogP contribution in [0.25, 0.3) is 0 Å². The highest BCUT2D eigenvalue weighted by molar-refractivity contribution is 7.99. The monoisotopic (exact) mass is 442 g/mol. The molecule has 5 heteroatoms. The standard InChI is InChI=1S/C26H34O4S/c1-15-11-19(25(5,6)7)23(29-17(3)27)21(13-15)31-22-14-16(2)12-20(26(8,9)10)24(22)30-18(4)28/h11-14H,1-10H3. The van der Waals surface area contributed by atoms with Crippen molar-refractivity contribution in [3.63, 3.8) is 0 Å². The minimum Gasteiger partial charge on any atom is -0.425 e. The first-order valence-electron chi connectivity index (χ1n) is 10.4. The van der Waals surface area contributed by atoms with Crippen molar-refractivity contribution in [1.29, 1.82) is 0 Å². The third kappa shape index (κ3) is 6.36. The van der Waals surface area contributed by atoms with Crippen LogP contribution in [-0.2, 0) is 20.4 Å². The number of rotatable bonds is 4. The Morgan fingerprint density at radius 1 is 0.677 bits per heavy atom. The molecule has 0 atom stereocenters. The molecule has 0 radical (unpaired) electrons. The number of carbonyl (C=O) groups excluding carboxylic acids is 2. The zero-order valence-corrected chi connectivity index (χ0v) is 21.2. The van der Waals surface area contributed by atoms with Crippen LogP contribution in [0, 0.1) is 13.8 Å². The fourth-order valence-corrected chi connectivity index (χ4v) is 4.58. The van der Waals surface area contributed by atoms with Crippen molar-refractivity contribution in [2.75, 3.05) is 0 Å². The molecule has 31 heavy (non-hydrogen) atoms. The van der Waals surface area contributed by atoms with E-state index in [4.69, 9.17) is 9.47 Å². The molecule has 0 fully saturated rings. The van der Waals surface area contributed by atoms with Gasteiger partial charge in [0.25, 0.3) is 0 Å². The summed E-state index contributed by atoms with van der Waals surface area (Å²) in [4.78, 5) is 25.5. The van der Waals surface area contributed by atoms with Gasteiger partial charge in [-0.05, 0) is 47.9 Å². The lowest BCUT2D eigenvalue weighted by atomic mass is 9.85. The molecule has 2 aromatic carbocycles. The molecular weight excluding hydrogens is 408 g/mol. The van der Waals surface area contributed by atoms with E-state index in [1.807, 2.05) is 26.0 Å². The first-order valence-corrected chi connectivity index (χ1v) is 11.3. The predicted molar refractivity (Wildman–Crippen MR) is 126 cm³/mol. The molecule has 168 valence electrons. The first-order chi connectivity index (χ1) is 14.1. The maximum absolute atomic E-state index is 11.9. The summed E-state index contributed by atoms with van der Waals surface area (Å²) in [7, 11) is 0. The Kier molecular flexibility index (Phi) is 7.32. The van der Waals surface area contributed by atoms with Crippen LogP contribution in [0.5, 0.6) is 11.5 Å². The lowest BCUT2D eigenvalue weighted by Crippen LogP contribution is -2.17. The molecule has 2 rings (SSSR count). The summed E-state index contributed by atoms with van der Waals surface area (Å²) in [5, 5.41) is 0. The average Bonchev–Trinajstić information content (AvgIpc) is 2.56. The molecule has 0 heterocycles. The minimum absolute atomic E-state index is 0.214. The third-order valence-electron chi connectivity index (χ3n) is 4.73. The maximum atomic E-state index is 11.9. The molecule has 0 amide bonds. The van der Waals surface area contributed by atoms with Crippen LogP contribution >= 0.6 is 11.8 Å². The SMILES string of the molecule is CC(=O)Oc1c(Sc2cc(C)cc(C(C)(C)C)c2OC(C)=O)cc(C)cc1C(C)(C)C. The Hall–Kier alpha value is -2.27. The smallest absolute Gasteiger partial charge is 0.308 e. The van der Waals surface area contributed by atoms with E-state index in [0.717, 1.165) is 32.0 Å². The summed E-state index contributed by atoms with van der Waals surface area (Å²) in [6.07, 6.45) is 0. The molecule has 2 aromatic rings. The average molecular weight is 443 g/mol. The van der Waals surface area contributed by atoms with Crippen molar-refractivity contribution >= 4 is 23.7 Å². The van der Waals surface area contributed by atoms with E-state index >= 15 is 0 Å². The molecule has 0 saturated heterocycles. The van der Waals surface area contributed by atoms with E-state index in [9.17, 15) is 9.59 Å². The highest BCUT2D eigenvalue weighted by atomic mass is 32.2. The maximum Gasteiger partial charge on any atom is 0.308 e. The Bertz CT molecular complexity index is 926. The number of benzene rings is 2. The summed E-state index contributed by atoms with van der Waals surface area (Å²) in [5.74, 6) is 0.387. The Balaban J connectivity index is 2.78. The number of hydrogen-bond acceptors (Lipinski definition) is 5. The van der Waals surface area contributed by atoms with Gasteiger partial charge >= 0.3 is 11.9 Å². The van der Waals surface area contributed by atoms with Gasteiger partial charge in [-0.3, -0.25) is 9.59 Å². The Morgan fingerprint density at radius 3 is 1.26 bits per heavy atom. The fraction of sp³-hybridized carbons (Fsp3) is 0.462. The lowest BCUT2D eigenvalue weighted by Gasteiger charge is -2.26. The van der Waals surface area contributed by atoms with Gasteiger partial charge in [0.1, 0.15) is 11.5 Å². The number of aryl methyl sites for hydroxylation is 2. The first kappa shape index (κ1) is 25.0. The zero-order valence-electron chi connectivity index (χ0n) is 20.4. The molecule has 0 aliphatic rings. The predicted octanol–water partition coefficient (Wildman–Crippen LogP) is 6.90. The topological polar surface area (TPSA) is 52.6 Å². The highest BCUT2D eigenvalue weighted by Crippen LogP contribution is 2.47. The third-order valence-corrected chi connectivity index (χ3v) is 5.77. The molecule has 0 unspecified atom stereocenters. The number of esters is 2. The fourth-order valence-electron chi connectivity index (χ4n) is 3.36. The summed E-state index contributed by atoms with van der Waals surface area (Å²) in [5.41, 5.74) is 3.63. The second-order valence-electron chi connectivity index (χ2n) is 10.1. The number of hydrogen-bond donors (Lipinski definition) is 0. The van der Waals surface area contributed by atoms with Gasteiger partial charge < -0.3 is 9.47 Å². The van der Waals surface area contributed by atoms with Gasteiger partial charge in [0.2, 0.25) is 0 Å². The number of carbonyl (C=O) groups is 2. The van der Waals surface area contributed by atoms with E-state index < -0.39 is 0 Å². The molecule has 0 bridgehead atoms. The zero-order chi connectivity index (χ0) is 23.7. The van der Waals surface area contributed by atoms with Crippen LogP contribution in [-0.4, -0.2) is 11.9 Å². The summed E-state index contributed by atoms with van der Waals surface area (Å²) in [6.45, 7) is 19.5. The van der Waals surface area contributed by atoms with Crippen LogP contribution in [0.2, 0.25) is 0 Å². The molecule has 0 N–H and O–H groups in total. The Morgan fingerprint density at radius 2 is 1.00 bits per heavy atom. The summed E-state index contributed by atoms with van der Waals surface area (Å²) in [6, 6.07) is 8.14. The normalized spacial score (nSPS) is 11.9. The molecule has 4 nitrogen and oxygen atoms in total. The van der Waals surface area contributed by atoms with E-state index in [-0.39, 0.29) is 22.8 Å². The second-order valence-corrected chi connectivity index (χ2v) is 11.2. The Labute approximate surface area is 190 Å². The van der Waals surface area contributed by atoms with Gasteiger partial charge in [0.15, 0.2) is 0 Å². The largest absolute Gasteiger partial charge is 0.425 e. The van der Waals surface area contributed by atoms with Crippen molar-refractivity contribution in [2.24, 2.45) is 0 Å². The minimum atomic E-state index is -0.365. The van der Waals surface area contributed by atoms with Crippen molar-refractivity contribution in [1.82, 2.24) is 0 Å². The van der Waals surface area contributed by atoms with Crippen molar-refractivity contribution < 1.29 is 19.1 Å². The molecular formula is C26H34O4S. The van der Waals surface area contributed by atoms with Crippen molar-refractivity contribution in [2.45, 2.75) is 89.9 Å². The van der Waals surface area contributed by atoms with Gasteiger partial charge in [-0.1, -0.05) is 65.4 Å².